The SMILES string of the molecule is Cc1nc([C@@H]2CCCN2C(=O)C[C@H]2CCOc3ccccc32)no1. The second-order valence-corrected chi connectivity index (χ2v) is 6.49. The molecule has 1 aromatic heterocycles. The van der Waals surface area contributed by atoms with Gasteiger partial charge in [-0.25, -0.2) is 0 Å². The highest BCUT2D eigenvalue weighted by Crippen LogP contribution is 2.38. The maximum atomic E-state index is 12.9. The predicted molar refractivity (Wildman–Crippen MR) is 86.6 cm³/mol. The van der Waals surface area contributed by atoms with Crippen LogP contribution in [0.2, 0.25) is 0 Å². The summed E-state index contributed by atoms with van der Waals surface area (Å²) in [5.74, 6) is 2.47. The Bertz CT molecular complexity index is 743. The normalized spacial score (nSPS) is 23.0. The minimum absolute atomic E-state index is 0.0509. The fourth-order valence-corrected chi connectivity index (χ4v) is 3.74. The smallest absolute Gasteiger partial charge is 0.223 e. The van der Waals surface area contributed by atoms with Gasteiger partial charge < -0.3 is 14.2 Å². The number of carbonyl (C=O) groups is 1. The molecule has 1 aromatic carbocycles. The number of nitrogens with zero attached hydrogens (tertiary/aromatic N) is 3. The Labute approximate surface area is 140 Å². The van der Waals surface area contributed by atoms with Gasteiger partial charge in [0, 0.05) is 19.9 Å². The Hall–Kier alpha value is -2.37. The molecule has 0 unspecified atom stereocenters. The zero-order valence-electron chi connectivity index (χ0n) is 13.8. The lowest BCUT2D eigenvalue weighted by molar-refractivity contribution is -0.132. The molecule has 0 aliphatic carbocycles. The van der Waals surface area contributed by atoms with Crippen molar-refractivity contribution < 1.29 is 14.1 Å². The first-order chi connectivity index (χ1) is 11.7. The van der Waals surface area contributed by atoms with Crippen LogP contribution >= 0.6 is 0 Å². The zero-order chi connectivity index (χ0) is 16.5. The van der Waals surface area contributed by atoms with Gasteiger partial charge in [-0.1, -0.05) is 23.4 Å². The van der Waals surface area contributed by atoms with E-state index in [0.29, 0.717) is 24.7 Å². The first kappa shape index (κ1) is 15.2. The molecule has 1 fully saturated rings. The molecule has 0 spiro atoms. The van der Waals surface area contributed by atoms with Crippen molar-refractivity contribution in [2.24, 2.45) is 0 Å². The number of likely N-dealkylation sites (tertiary alicyclic amines) is 1. The predicted octanol–water partition coefficient (Wildman–Crippen LogP) is 3.00. The van der Waals surface area contributed by atoms with E-state index in [9.17, 15) is 4.79 Å². The molecule has 1 saturated heterocycles. The number of para-hydroxylation sites is 1. The van der Waals surface area contributed by atoms with E-state index in [1.807, 2.05) is 23.1 Å². The van der Waals surface area contributed by atoms with E-state index in [1.54, 1.807) is 6.92 Å². The number of fused-ring (bicyclic) bond motifs is 1. The van der Waals surface area contributed by atoms with Crippen molar-refractivity contribution in [2.75, 3.05) is 13.2 Å². The van der Waals surface area contributed by atoms with Gasteiger partial charge in [0.1, 0.15) is 5.75 Å². The second-order valence-electron chi connectivity index (χ2n) is 6.49. The van der Waals surface area contributed by atoms with Crippen LogP contribution in [-0.2, 0) is 4.79 Å². The molecule has 126 valence electrons. The van der Waals surface area contributed by atoms with Crippen LogP contribution in [0, 0.1) is 6.92 Å². The summed E-state index contributed by atoms with van der Waals surface area (Å²) in [6.45, 7) is 3.21. The molecular weight excluding hydrogens is 306 g/mol. The minimum Gasteiger partial charge on any atom is -0.493 e. The quantitative estimate of drug-likeness (QED) is 0.867. The van der Waals surface area contributed by atoms with Gasteiger partial charge in [0.2, 0.25) is 11.8 Å². The standard InChI is InChI=1S/C18H21N3O3/c1-12-19-18(20-24-12)15-6-4-9-21(15)17(22)11-13-8-10-23-16-7-3-2-5-14(13)16/h2-3,5,7,13,15H,4,6,8-11H2,1H3/t13-,15+/m1/s1. The van der Waals surface area contributed by atoms with E-state index in [0.717, 1.165) is 37.1 Å². The third-order valence-corrected chi connectivity index (χ3v) is 4.92. The summed E-state index contributed by atoms with van der Waals surface area (Å²) in [5, 5.41) is 4.01. The molecule has 2 atom stereocenters. The second kappa shape index (κ2) is 6.26. The van der Waals surface area contributed by atoms with Gasteiger partial charge in [0.25, 0.3) is 0 Å². The van der Waals surface area contributed by atoms with Crippen molar-refractivity contribution in [3.8, 4) is 5.75 Å². The van der Waals surface area contributed by atoms with Crippen LogP contribution < -0.4 is 4.74 Å². The molecule has 0 bridgehead atoms. The van der Waals surface area contributed by atoms with E-state index in [2.05, 4.69) is 16.2 Å². The van der Waals surface area contributed by atoms with E-state index >= 15 is 0 Å². The Morgan fingerprint density at radius 3 is 3.04 bits per heavy atom. The van der Waals surface area contributed by atoms with Crippen LogP contribution in [0.4, 0.5) is 0 Å². The zero-order valence-corrected chi connectivity index (χ0v) is 13.8. The van der Waals surface area contributed by atoms with Crippen molar-refractivity contribution in [3.63, 3.8) is 0 Å². The van der Waals surface area contributed by atoms with Gasteiger partial charge >= 0.3 is 0 Å². The van der Waals surface area contributed by atoms with Gasteiger partial charge in [0.05, 0.1) is 12.6 Å². The molecule has 24 heavy (non-hydrogen) atoms. The first-order valence-corrected chi connectivity index (χ1v) is 8.54. The van der Waals surface area contributed by atoms with Crippen LogP contribution in [0.1, 0.15) is 54.9 Å². The average Bonchev–Trinajstić information content (AvgIpc) is 3.24. The molecule has 2 aliphatic rings. The van der Waals surface area contributed by atoms with Crippen molar-refractivity contribution in [3.05, 3.63) is 41.5 Å². The van der Waals surface area contributed by atoms with E-state index in [4.69, 9.17) is 9.26 Å². The number of benzene rings is 1. The van der Waals surface area contributed by atoms with Crippen molar-refractivity contribution in [1.29, 1.82) is 0 Å². The lowest BCUT2D eigenvalue weighted by Crippen LogP contribution is -2.32. The summed E-state index contributed by atoms with van der Waals surface area (Å²) in [6.07, 6.45) is 3.26. The lowest BCUT2D eigenvalue weighted by Gasteiger charge is -2.28. The molecule has 6 nitrogen and oxygen atoms in total. The number of carbonyl (C=O) groups excluding carboxylic acids is 1. The van der Waals surface area contributed by atoms with Gasteiger partial charge in [-0.05, 0) is 36.8 Å². The maximum absolute atomic E-state index is 12.9. The van der Waals surface area contributed by atoms with Gasteiger partial charge in [-0.3, -0.25) is 4.79 Å². The number of aromatic nitrogens is 2. The summed E-state index contributed by atoms with van der Waals surface area (Å²) in [6, 6.07) is 7.97. The Morgan fingerprint density at radius 2 is 2.21 bits per heavy atom. The monoisotopic (exact) mass is 327 g/mol. The lowest BCUT2D eigenvalue weighted by atomic mass is 9.90. The van der Waals surface area contributed by atoms with Crippen LogP contribution in [0.3, 0.4) is 0 Å². The summed E-state index contributed by atoms with van der Waals surface area (Å²) in [7, 11) is 0. The van der Waals surface area contributed by atoms with Gasteiger partial charge in [0.15, 0.2) is 5.82 Å². The minimum atomic E-state index is -0.0509. The summed E-state index contributed by atoms with van der Waals surface area (Å²) < 4.78 is 10.8. The fraction of sp³-hybridized carbons (Fsp3) is 0.500. The maximum Gasteiger partial charge on any atom is 0.223 e. The summed E-state index contributed by atoms with van der Waals surface area (Å²) >= 11 is 0. The van der Waals surface area contributed by atoms with Crippen molar-refractivity contribution >= 4 is 5.91 Å². The molecule has 1 amide bonds. The molecule has 2 aromatic rings. The summed E-state index contributed by atoms with van der Waals surface area (Å²) in [5.41, 5.74) is 1.14. The van der Waals surface area contributed by atoms with E-state index < -0.39 is 0 Å². The van der Waals surface area contributed by atoms with Gasteiger partial charge in [-0.15, -0.1) is 0 Å². The molecule has 2 aliphatic heterocycles. The Kier molecular flexibility index (Phi) is 3.96. The van der Waals surface area contributed by atoms with Crippen molar-refractivity contribution in [1.82, 2.24) is 15.0 Å². The number of rotatable bonds is 3. The number of ether oxygens (including phenoxy) is 1. The Balaban J connectivity index is 1.50. The molecule has 0 saturated carbocycles. The molecule has 0 radical (unpaired) electrons. The van der Waals surface area contributed by atoms with Gasteiger partial charge in [-0.2, -0.15) is 4.98 Å². The van der Waals surface area contributed by atoms with E-state index in [-0.39, 0.29) is 17.9 Å². The third kappa shape index (κ3) is 2.77. The van der Waals surface area contributed by atoms with Crippen molar-refractivity contribution in [2.45, 2.75) is 44.6 Å². The number of hydrogen-bond donors (Lipinski definition) is 0. The van der Waals surface area contributed by atoms with Crippen LogP contribution in [0.25, 0.3) is 0 Å². The van der Waals surface area contributed by atoms with E-state index in [1.165, 1.54) is 0 Å². The van der Waals surface area contributed by atoms with Crippen LogP contribution in [0.15, 0.2) is 28.8 Å². The van der Waals surface area contributed by atoms with Crippen LogP contribution in [0.5, 0.6) is 5.75 Å². The largest absolute Gasteiger partial charge is 0.493 e. The topological polar surface area (TPSA) is 68.5 Å². The average molecular weight is 327 g/mol. The molecule has 3 heterocycles. The molecule has 4 rings (SSSR count). The third-order valence-electron chi connectivity index (χ3n) is 4.92. The van der Waals surface area contributed by atoms with Crippen LogP contribution in [-0.4, -0.2) is 34.1 Å². The highest BCUT2D eigenvalue weighted by molar-refractivity contribution is 5.78. The first-order valence-electron chi connectivity index (χ1n) is 8.54. The fourth-order valence-electron chi connectivity index (χ4n) is 3.74. The molecule has 6 heteroatoms. The molecule has 0 N–H and O–H groups in total. The highest BCUT2D eigenvalue weighted by Gasteiger charge is 2.35. The molecular formula is C18H21N3O3. The number of aryl methyl sites for hydroxylation is 1. The number of hydrogen-bond acceptors (Lipinski definition) is 5. The Morgan fingerprint density at radius 1 is 1.33 bits per heavy atom. The highest BCUT2D eigenvalue weighted by atomic mass is 16.5. The summed E-state index contributed by atoms with van der Waals surface area (Å²) in [4.78, 5) is 19.1. The number of amides is 1.